The number of nitrogens with zero attached hydrogens (tertiary/aromatic N) is 2. The monoisotopic (exact) mass is 443 g/mol. The maximum atomic E-state index is 12.4. The van der Waals surface area contributed by atoms with Gasteiger partial charge in [0.2, 0.25) is 11.8 Å². The van der Waals surface area contributed by atoms with Crippen molar-refractivity contribution in [3.8, 4) is 5.75 Å². The molecule has 0 spiro atoms. The maximum Gasteiger partial charge on any atom is 0.260 e. The number of amides is 3. The molecule has 1 aliphatic rings. The van der Waals surface area contributed by atoms with E-state index in [2.05, 4.69) is 5.32 Å². The summed E-state index contributed by atoms with van der Waals surface area (Å²) in [6.07, 6.45) is 0.544. The minimum atomic E-state index is -0.116. The van der Waals surface area contributed by atoms with Crippen LogP contribution in [0.2, 0.25) is 5.02 Å². The van der Waals surface area contributed by atoms with Crippen molar-refractivity contribution in [3.63, 3.8) is 0 Å². The molecule has 0 aromatic heterocycles. The van der Waals surface area contributed by atoms with E-state index in [1.807, 2.05) is 30.3 Å². The van der Waals surface area contributed by atoms with Crippen LogP contribution in [0.4, 0.5) is 0 Å². The smallest absolute Gasteiger partial charge is 0.260 e. The minimum absolute atomic E-state index is 0.0236. The lowest BCUT2D eigenvalue weighted by atomic mass is 10.1. The van der Waals surface area contributed by atoms with Crippen molar-refractivity contribution in [2.24, 2.45) is 0 Å². The third-order valence-electron chi connectivity index (χ3n) is 5.03. The molecule has 1 fully saturated rings. The number of carbonyl (C=O) groups excluding carboxylic acids is 3. The second kappa shape index (κ2) is 11.4. The number of hydrogen-bond acceptors (Lipinski definition) is 4. The van der Waals surface area contributed by atoms with Gasteiger partial charge in [-0.25, -0.2) is 0 Å². The van der Waals surface area contributed by atoms with E-state index in [1.165, 1.54) is 0 Å². The standard InChI is InChI=1S/C23H26ClN3O4/c24-19-6-8-20(9-7-19)31-17-23(30)27-14-12-26(13-15-27)22(29)10-11-25-21(28)16-18-4-2-1-3-5-18/h1-9H,10-17H2,(H,25,28). The van der Waals surface area contributed by atoms with E-state index in [0.29, 0.717) is 49.9 Å². The molecule has 0 aliphatic carbocycles. The van der Waals surface area contributed by atoms with Crippen LogP contribution in [-0.2, 0) is 20.8 Å². The van der Waals surface area contributed by atoms with Crippen LogP contribution in [-0.4, -0.2) is 66.9 Å². The summed E-state index contributed by atoms with van der Waals surface area (Å²) in [7, 11) is 0. The molecule has 1 aliphatic heterocycles. The van der Waals surface area contributed by atoms with Gasteiger partial charge in [-0.3, -0.25) is 14.4 Å². The van der Waals surface area contributed by atoms with Crippen molar-refractivity contribution in [1.29, 1.82) is 0 Å². The third kappa shape index (κ3) is 7.29. The fraction of sp³-hybridized carbons (Fsp3) is 0.348. The highest BCUT2D eigenvalue weighted by Crippen LogP contribution is 2.15. The van der Waals surface area contributed by atoms with Gasteiger partial charge in [0.25, 0.3) is 5.91 Å². The van der Waals surface area contributed by atoms with Crippen LogP contribution < -0.4 is 10.1 Å². The van der Waals surface area contributed by atoms with Crippen molar-refractivity contribution in [2.75, 3.05) is 39.3 Å². The largest absolute Gasteiger partial charge is 0.484 e. The second-order valence-electron chi connectivity index (χ2n) is 7.27. The van der Waals surface area contributed by atoms with E-state index >= 15 is 0 Å². The minimum Gasteiger partial charge on any atom is -0.484 e. The lowest BCUT2D eigenvalue weighted by molar-refractivity contribution is -0.140. The first kappa shape index (κ1) is 22.6. The van der Waals surface area contributed by atoms with Gasteiger partial charge in [0.1, 0.15) is 5.75 Å². The van der Waals surface area contributed by atoms with E-state index in [-0.39, 0.29) is 30.7 Å². The average Bonchev–Trinajstić information content (AvgIpc) is 2.79. The zero-order chi connectivity index (χ0) is 22.1. The number of halogens is 1. The molecule has 3 rings (SSSR count). The summed E-state index contributed by atoms with van der Waals surface area (Å²) in [5, 5.41) is 3.39. The number of ether oxygens (including phenoxy) is 1. The molecule has 3 amide bonds. The summed E-state index contributed by atoms with van der Waals surface area (Å²) >= 11 is 5.83. The summed E-state index contributed by atoms with van der Waals surface area (Å²) in [6.45, 7) is 2.14. The summed E-state index contributed by atoms with van der Waals surface area (Å²) in [5.74, 6) is 0.343. The number of piperazine rings is 1. The number of nitrogens with one attached hydrogen (secondary N) is 1. The Bertz CT molecular complexity index is 881. The highest BCUT2D eigenvalue weighted by Gasteiger charge is 2.24. The van der Waals surface area contributed by atoms with E-state index in [0.717, 1.165) is 5.56 Å². The zero-order valence-electron chi connectivity index (χ0n) is 17.3. The third-order valence-corrected chi connectivity index (χ3v) is 5.28. The number of benzene rings is 2. The van der Waals surface area contributed by atoms with Gasteiger partial charge < -0.3 is 19.9 Å². The average molecular weight is 444 g/mol. The molecule has 0 bridgehead atoms. The fourth-order valence-corrected chi connectivity index (χ4v) is 3.41. The molecule has 0 saturated carbocycles. The second-order valence-corrected chi connectivity index (χ2v) is 7.70. The van der Waals surface area contributed by atoms with Crippen LogP contribution in [0.1, 0.15) is 12.0 Å². The topological polar surface area (TPSA) is 79.0 Å². The molecule has 164 valence electrons. The summed E-state index contributed by atoms with van der Waals surface area (Å²) in [6, 6.07) is 16.3. The predicted octanol–water partition coefficient (Wildman–Crippen LogP) is 2.14. The predicted molar refractivity (Wildman–Crippen MR) is 118 cm³/mol. The van der Waals surface area contributed by atoms with E-state index < -0.39 is 0 Å². The lowest BCUT2D eigenvalue weighted by Gasteiger charge is -2.34. The Morgan fingerprint density at radius 2 is 1.48 bits per heavy atom. The summed E-state index contributed by atoms with van der Waals surface area (Å²) in [5.41, 5.74) is 0.937. The Labute approximate surface area is 186 Å². The quantitative estimate of drug-likeness (QED) is 0.678. The van der Waals surface area contributed by atoms with Crippen molar-refractivity contribution in [1.82, 2.24) is 15.1 Å². The first-order valence-electron chi connectivity index (χ1n) is 10.3. The van der Waals surface area contributed by atoms with Gasteiger partial charge >= 0.3 is 0 Å². The number of rotatable bonds is 8. The molecular weight excluding hydrogens is 418 g/mol. The van der Waals surface area contributed by atoms with E-state index in [4.69, 9.17) is 16.3 Å². The van der Waals surface area contributed by atoms with Crippen LogP contribution in [0.3, 0.4) is 0 Å². The normalized spacial score (nSPS) is 13.6. The molecule has 7 nitrogen and oxygen atoms in total. The molecule has 8 heteroatoms. The molecule has 0 unspecified atom stereocenters. The Hall–Kier alpha value is -3.06. The highest BCUT2D eigenvalue weighted by atomic mass is 35.5. The molecule has 1 N–H and O–H groups in total. The fourth-order valence-electron chi connectivity index (χ4n) is 3.28. The first-order valence-corrected chi connectivity index (χ1v) is 10.6. The van der Waals surface area contributed by atoms with Crippen molar-refractivity contribution < 1.29 is 19.1 Å². The highest BCUT2D eigenvalue weighted by molar-refractivity contribution is 6.30. The summed E-state index contributed by atoms with van der Waals surface area (Å²) in [4.78, 5) is 40.1. The van der Waals surface area contributed by atoms with Crippen LogP contribution in [0, 0.1) is 0 Å². The summed E-state index contributed by atoms with van der Waals surface area (Å²) < 4.78 is 5.50. The molecular formula is C23H26ClN3O4. The van der Waals surface area contributed by atoms with Crippen molar-refractivity contribution >= 4 is 29.3 Å². The van der Waals surface area contributed by atoms with Gasteiger partial charge in [0, 0.05) is 44.2 Å². The van der Waals surface area contributed by atoms with Gasteiger partial charge in [-0.05, 0) is 29.8 Å². The SMILES string of the molecule is O=C(Cc1ccccc1)NCCC(=O)N1CCN(C(=O)COc2ccc(Cl)cc2)CC1. The number of carbonyl (C=O) groups is 3. The molecule has 1 heterocycles. The molecule has 2 aromatic carbocycles. The first-order chi connectivity index (χ1) is 15.0. The zero-order valence-corrected chi connectivity index (χ0v) is 18.0. The Balaban J connectivity index is 1.32. The van der Waals surface area contributed by atoms with Gasteiger partial charge in [-0.15, -0.1) is 0 Å². The Morgan fingerprint density at radius 1 is 0.871 bits per heavy atom. The van der Waals surface area contributed by atoms with Crippen molar-refractivity contribution in [2.45, 2.75) is 12.8 Å². The van der Waals surface area contributed by atoms with Crippen LogP contribution in [0.15, 0.2) is 54.6 Å². The van der Waals surface area contributed by atoms with Gasteiger partial charge in [-0.2, -0.15) is 0 Å². The Kier molecular flexibility index (Phi) is 8.29. The molecule has 0 radical (unpaired) electrons. The van der Waals surface area contributed by atoms with Gasteiger partial charge in [-0.1, -0.05) is 41.9 Å². The Morgan fingerprint density at radius 3 is 2.13 bits per heavy atom. The molecule has 2 aromatic rings. The van der Waals surface area contributed by atoms with Crippen LogP contribution >= 0.6 is 11.6 Å². The van der Waals surface area contributed by atoms with E-state index in [9.17, 15) is 14.4 Å². The lowest BCUT2D eigenvalue weighted by Crippen LogP contribution is -2.52. The van der Waals surface area contributed by atoms with Crippen LogP contribution in [0.25, 0.3) is 0 Å². The van der Waals surface area contributed by atoms with Gasteiger partial charge in [0.05, 0.1) is 6.42 Å². The molecule has 31 heavy (non-hydrogen) atoms. The van der Waals surface area contributed by atoms with E-state index in [1.54, 1.807) is 34.1 Å². The molecule has 0 atom stereocenters. The maximum absolute atomic E-state index is 12.4. The van der Waals surface area contributed by atoms with Crippen molar-refractivity contribution in [3.05, 3.63) is 65.2 Å². The molecule has 1 saturated heterocycles. The van der Waals surface area contributed by atoms with Gasteiger partial charge in [0.15, 0.2) is 6.61 Å². The van der Waals surface area contributed by atoms with Crippen LogP contribution in [0.5, 0.6) is 5.75 Å². The number of hydrogen-bond donors (Lipinski definition) is 1.